The molecule has 2 rings (SSSR count). The summed E-state index contributed by atoms with van der Waals surface area (Å²) in [6.07, 6.45) is 1.42. The molecule has 0 aromatic carbocycles. The van der Waals surface area contributed by atoms with Crippen molar-refractivity contribution in [1.82, 2.24) is 10.2 Å². The minimum atomic E-state index is 0.559. The molecule has 1 saturated heterocycles. The Balaban J connectivity index is 1.95. The molecule has 0 aromatic heterocycles. The van der Waals surface area contributed by atoms with Crippen LogP contribution in [0.5, 0.6) is 0 Å². The van der Waals surface area contributed by atoms with E-state index in [1.807, 2.05) is 0 Å². The monoisotopic (exact) mass is 140 g/mol. The second-order valence-electron chi connectivity index (χ2n) is 3.78. The summed E-state index contributed by atoms with van der Waals surface area (Å²) >= 11 is 0. The summed E-state index contributed by atoms with van der Waals surface area (Å²) in [4.78, 5) is 2.43. The fourth-order valence-electron chi connectivity index (χ4n) is 2.36. The Hall–Kier alpha value is -0.0800. The van der Waals surface area contributed by atoms with Crippen molar-refractivity contribution >= 4 is 0 Å². The molecular formula is C8H16N2. The third-order valence-electron chi connectivity index (χ3n) is 2.84. The van der Waals surface area contributed by atoms with Crippen LogP contribution in [-0.4, -0.2) is 37.1 Å². The van der Waals surface area contributed by atoms with Crippen LogP contribution in [0.4, 0.5) is 0 Å². The molecule has 1 N–H and O–H groups in total. The van der Waals surface area contributed by atoms with Crippen LogP contribution < -0.4 is 5.32 Å². The van der Waals surface area contributed by atoms with Crippen LogP contribution in [0, 0.1) is 5.92 Å². The van der Waals surface area contributed by atoms with Crippen LogP contribution in [0.15, 0.2) is 0 Å². The van der Waals surface area contributed by atoms with Crippen LogP contribution in [-0.2, 0) is 0 Å². The Morgan fingerprint density at radius 2 is 2.50 bits per heavy atom. The molecule has 1 saturated carbocycles. The Morgan fingerprint density at radius 3 is 3.00 bits per heavy atom. The SMILES string of the molecule is CCNC12CC1CN(C)C2. The number of likely N-dealkylation sites (tertiary alicyclic amines) is 1. The molecule has 10 heavy (non-hydrogen) atoms. The van der Waals surface area contributed by atoms with Crippen LogP contribution in [0.25, 0.3) is 0 Å². The highest BCUT2D eigenvalue weighted by Gasteiger charge is 2.58. The number of nitrogens with zero attached hydrogens (tertiary/aromatic N) is 1. The molecule has 2 unspecified atom stereocenters. The van der Waals surface area contributed by atoms with Crippen molar-refractivity contribution in [2.45, 2.75) is 18.9 Å². The van der Waals surface area contributed by atoms with E-state index in [-0.39, 0.29) is 0 Å². The molecule has 0 spiro atoms. The van der Waals surface area contributed by atoms with Gasteiger partial charge in [-0.15, -0.1) is 0 Å². The molecule has 58 valence electrons. The van der Waals surface area contributed by atoms with Crippen molar-refractivity contribution in [3.63, 3.8) is 0 Å². The summed E-state index contributed by atoms with van der Waals surface area (Å²) in [5.41, 5.74) is 0.559. The van der Waals surface area contributed by atoms with Crippen molar-refractivity contribution < 1.29 is 0 Å². The molecule has 0 aromatic rings. The van der Waals surface area contributed by atoms with Gasteiger partial charge in [0.1, 0.15) is 0 Å². The first kappa shape index (κ1) is 6.62. The van der Waals surface area contributed by atoms with Gasteiger partial charge in [0.05, 0.1) is 0 Å². The summed E-state index contributed by atoms with van der Waals surface area (Å²) < 4.78 is 0. The van der Waals surface area contributed by atoms with Gasteiger partial charge < -0.3 is 10.2 Å². The van der Waals surface area contributed by atoms with Crippen molar-refractivity contribution in [1.29, 1.82) is 0 Å². The quantitative estimate of drug-likeness (QED) is 0.593. The van der Waals surface area contributed by atoms with E-state index in [4.69, 9.17) is 0 Å². The maximum Gasteiger partial charge on any atom is 0.0353 e. The van der Waals surface area contributed by atoms with E-state index >= 15 is 0 Å². The fraction of sp³-hybridized carbons (Fsp3) is 1.00. The average Bonchev–Trinajstić information content (AvgIpc) is 2.36. The molecule has 0 bridgehead atoms. The van der Waals surface area contributed by atoms with Crippen LogP contribution in [0.1, 0.15) is 13.3 Å². The molecule has 2 aliphatic rings. The molecule has 0 amide bonds. The van der Waals surface area contributed by atoms with Gasteiger partial charge in [-0.25, -0.2) is 0 Å². The largest absolute Gasteiger partial charge is 0.310 e. The maximum atomic E-state index is 3.58. The summed E-state index contributed by atoms with van der Waals surface area (Å²) in [6, 6.07) is 0. The molecule has 1 aliphatic carbocycles. The van der Waals surface area contributed by atoms with Gasteiger partial charge in [0.25, 0.3) is 0 Å². The normalized spacial score (nSPS) is 45.6. The lowest BCUT2D eigenvalue weighted by molar-refractivity contribution is 0.346. The van der Waals surface area contributed by atoms with E-state index in [9.17, 15) is 0 Å². The first-order valence-corrected chi connectivity index (χ1v) is 4.20. The van der Waals surface area contributed by atoms with Crippen LogP contribution >= 0.6 is 0 Å². The van der Waals surface area contributed by atoms with Crippen molar-refractivity contribution in [2.24, 2.45) is 5.92 Å². The van der Waals surface area contributed by atoms with Crippen molar-refractivity contribution in [2.75, 3.05) is 26.7 Å². The lowest BCUT2D eigenvalue weighted by atomic mass is 10.2. The standard InChI is InChI=1S/C8H16N2/c1-3-9-8-4-7(8)5-10(2)6-8/h7,9H,3-6H2,1-2H3. The summed E-state index contributed by atoms with van der Waals surface area (Å²) in [7, 11) is 2.21. The zero-order valence-corrected chi connectivity index (χ0v) is 6.85. The zero-order valence-electron chi connectivity index (χ0n) is 6.85. The van der Waals surface area contributed by atoms with E-state index in [1.165, 1.54) is 19.5 Å². The summed E-state index contributed by atoms with van der Waals surface area (Å²) in [5, 5.41) is 3.58. The van der Waals surface area contributed by atoms with Crippen molar-refractivity contribution in [3.05, 3.63) is 0 Å². The fourth-order valence-corrected chi connectivity index (χ4v) is 2.36. The third-order valence-corrected chi connectivity index (χ3v) is 2.84. The Morgan fingerprint density at radius 1 is 1.70 bits per heavy atom. The maximum absolute atomic E-state index is 3.58. The number of piperidine rings is 1. The number of fused-ring (bicyclic) bond motifs is 1. The molecule has 2 atom stereocenters. The molecule has 0 radical (unpaired) electrons. The van der Waals surface area contributed by atoms with Gasteiger partial charge in [-0.2, -0.15) is 0 Å². The highest BCUT2D eigenvalue weighted by molar-refractivity contribution is 5.16. The highest BCUT2D eigenvalue weighted by atomic mass is 15.2. The number of rotatable bonds is 2. The first-order valence-electron chi connectivity index (χ1n) is 4.20. The summed E-state index contributed by atoms with van der Waals surface area (Å²) in [6.45, 7) is 5.91. The molecular weight excluding hydrogens is 124 g/mol. The van der Waals surface area contributed by atoms with E-state index in [0.717, 1.165) is 12.5 Å². The molecule has 2 heteroatoms. The minimum absolute atomic E-state index is 0.559. The molecule has 1 aliphatic heterocycles. The Kier molecular flexibility index (Phi) is 1.29. The Bertz CT molecular complexity index is 146. The summed E-state index contributed by atoms with van der Waals surface area (Å²) in [5.74, 6) is 0.970. The predicted octanol–water partition coefficient (Wildman–Crippen LogP) is 0.300. The number of hydrogen-bond donors (Lipinski definition) is 1. The highest BCUT2D eigenvalue weighted by Crippen LogP contribution is 2.48. The van der Waals surface area contributed by atoms with E-state index < -0.39 is 0 Å². The number of hydrogen-bond acceptors (Lipinski definition) is 2. The topological polar surface area (TPSA) is 15.3 Å². The number of nitrogens with one attached hydrogen (secondary N) is 1. The van der Waals surface area contributed by atoms with Gasteiger partial charge in [-0.3, -0.25) is 0 Å². The van der Waals surface area contributed by atoms with Gasteiger partial charge >= 0.3 is 0 Å². The predicted molar refractivity (Wildman–Crippen MR) is 42.0 cm³/mol. The zero-order chi connectivity index (χ0) is 7.19. The van der Waals surface area contributed by atoms with E-state index in [2.05, 4.69) is 24.2 Å². The number of likely N-dealkylation sites (N-methyl/N-ethyl adjacent to an activating group) is 2. The first-order chi connectivity index (χ1) is 4.77. The second-order valence-corrected chi connectivity index (χ2v) is 3.78. The lowest BCUT2D eigenvalue weighted by Crippen LogP contribution is -2.37. The van der Waals surface area contributed by atoms with Gasteiger partial charge in [0.2, 0.25) is 0 Å². The smallest absolute Gasteiger partial charge is 0.0353 e. The van der Waals surface area contributed by atoms with Crippen molar-refractivity contribution in [3.8, 4) is 0 Å². The van der Waals surface area contributed by atoms with Gasteiger partial charge in [-0.1, -0.05) is 6.92 Å². The third kappa shape index (κ3) is 0.789. The van der Waals surface area contributed by atoms with Gasteiger partial charge in [-0.05, 0) is 25.9 Å². The molecule has 2 fully saturated rings. The van der Waals surface area contributed by atoms with Crippen LogP contribution in [0.3, 0.4) is 0 Å². The Labute approximate surface area is 62.6 Å². The van der Waals surface area contributed by atoms with Gasteiger partial charge in [0, 0.05) is 18.6 Å². The van der Waals surface area contributed by atoms with Crippen LogP contribution in [0.2, 0.25) is 0 Å². The lowest BCUT2D eigenvalue weighted by Gasteiger charge is -2.16. The minimum Gasteiger partial charge on any atom is -0.310 e. The van der Waals surface area contributed by atoms with E-state index in [0.29, 0.717) is 5.54 Å². The van der Waals surface area contributed by atoms with Gasteiger partial charge in [0.15, 0.2) is 0 Å². The molecule has 1 heterocycles. The second kappa shape index (κ2) is 1.95. The molecule has 2 nitrogen and oxygen atoms in total. The van der Waals surface area contributed by atoms with E-state index in [1.54, 1.807) is 0 Å². The average molecular weight is 140 g/mol.